The van der Waals surface area contributed by atoms with Crippen molar-refractivity contribution in [1.82, 2.24) is 25.2 Å². The van der Waals surface area contributed by atoms with Gasteiger partial charge in [-0.15, -0.1) is 5.10 Å². The molecule has 0 unspecified atom stereocenters. The summed E-state index contributed by atoms with van der Waals surface area (Å²) < 4.78 is 14.8. The molecule has 1 fully saturated rings. The van der Waals surface area contributed by atoms with Crippen molar-refractivity contribution in [3.05, 3.63) is 41.5 Å². The van der Waals surface area contributed by atoms with E-state index in [1.54, 1.807) is 16.8 Å². The molecule has 0 spiro atoms. The molecule has 7 heteroatoms. The molecule has 1 aliphatic carbocycles. The van der Waals surface area contributed by atoms with Gasteiger partial charge in [-0.1, -0.05) is 19.1 Å². The smallest absolute Gasteiger partial charge is 0.273 e. The van der Waals surface area contributed by atoms with E-state index >= 15 is 0 Å². The molecule has 0 saturated heterocycles. The number of aromatic nitrogens is 3. The van der Waals surface area contributed by atoms with Crippen LogP contribution in [-0.4, -0.2) is 52.0 Å². The summed E-state index contributed by atoms with van der Waals surface area (Å²) in [5.74, 6) is -0.197. The number of carbonyl (C=O) groups is 1. The number of hydrogen-bond donors (Lipinski definition) is 1. The van der Waals surface area contributed by atoms with Crippen molar-refractivity contribution in [1.29, 1.82) is 0 Å². The molecule has 1 N–H and O–H groups in total. The largest absolute Gasteiger partial charge is 0.349 e. The van der Waals surface area contributed by atoms with E-state index in [1.165, 1.54) is 12.1 Å². The Morgan fingerprint density at radius 1 is 1.28 bits per heavy atom. The fourth-order valence-corrected chi connectivity index (χ4v) is 2.90. The standard InChI is InChI=1S/C18H24FN5O/c1-3-23(4-2)12-11-20-18(25)16-17(13-5-6-13)24(22-21-16)15-9-7-14(19)8-10-15/h7-10,13H,3-6,11-12H2,1-2H3,(H,20,25). The van der Waals surface area contributed by atoms with E-state index in [9.17, 15) is 9.18 Å². The molecule has 134 valence electrons. The minimum Gasteiger partial charge on any atom is -0.349 e. The Bertz CT molecular complexity index is 720. The Hall–Kier alpha value is -2.28. The van der Waals surface area contributed by atoms with Crippen molar-refractivity contribution in [3.63, 3.8) is 0 Å². The van der Waals surface area contributed by atoms with Crippen molar-refractivity contribution in [3.8, 4) is 5.69 Å². The van der Waals surface area contributed by atoms with Crippen LogP contribution in [-0.2, 0) is 0 Å². The highest BCUT2D eigenvalue weighted by Crippen LogP contribution is 2.41. The van der Waals surface area contributed by atoms with E-state index in [2.05, 4.69) is 34.4 Å². The molecule has 1 amide bonds. The van der Waals surface area contributed by atoms with Crippen LogP contribution < -0.4 is 5.32 Å². The molecule has 1 aliphatic rings. The maximum atomic E-state index is 13.2. The minimum atomic E-state index is -0.300. The molecular weight excluding hydrogens is 321 g/mol. The van der Waals surface area contributed by atoms with Crippen LogP contribution in [0.1, 0.15) is 48.8 Å². The summed E-state index contributed by atoms with van der Waals surface area (Å²) in [7, 11) is 0. The Morgan fingerprint density at radius 2 is 1.96 bits per heavy atom. The van der Waals surface area contributed by atoms with Gasteiger partial charge in [-0.05, 0) is 50.2 Å². The van der Waals surface area contributed by atoms with Crippen LogP contribution in [0.3, 0.4) is 0 Å². The van der Waals surface area contributed by atoms with Gasteiger partial charge >= 0.3 is 0 Å². The molecule has 2 aromatic rings. The Labute approximate surface area is 147 Å². The van der Waals surface area contributed by atoms with Gasteiger partial charge < -0.3 is 10.2 Å². The highest BCUT2D eigenvalue weighted by molar-refractivity contribution is 5.93. The van der Waals surface area contributed by atoms with E-state index in [1.807, 2.05) is 0 Å². The number of rotatable bonds is 8. The number of amides is 1. The van der Waals surface area contributed by atoms with Crippen molar-refractivity contribution in [2.24, 2.45) is 0 Å². The van der Waals surface area contributed by atoms with Crippen molar-refractivity contribution >= 4 is 5.91 Å². The first-order chi connectivity index (χ1) is 12.1. The quantitative estimate of drug-likeness (QED) is 0.798. The van der Waals surface area contributed by atoms with Gasteiger partial charge in [0.05, 0.1) is 11.4 Å². The highest BCUT2D eigenvalue weighted by Gasteiger charge is 2.34. The molecular formula is C18H24FN5O. The lowest BCUT2D eigenvalue weighted by atomic mass is 10.2. The second kappa shape index (κ2) is 7.74. The number of hydrogen-bond acceptors (Lipinski definition) is 4. The summed E-state index contributed by atoms with van der Waals surface area (Å²) in [5, 5.41) is 11.2. The van der Waals surface area contributed by atoms with Gasteiger partial charge in [0.1, 0.15) is 5.82 Å². The topological polar surface area (TPSA) is 63.1 Å². The van der Waals surface area contributed by atoms with Crippen LogP contribution in [0.4, 0.5) is 4.39 Å². The lowest BCUT2D eigenvalue weighted by Crippen LogP contribution is -2.35. The van der Waals surface area contributed by atoms with E-state index in [-0.39, 0.29) is 11.7 Å². The summed E-state index contributed by atoms with van der Waals surface area (Å²) in [6.07, 6.45) is 2.04. The Balaban J connectivity index is 1.75. The molecule has 1 aromatic carbocycles. The summed E-state index contributed by atoms with van der Waals surface area (Å²) in [6, 6.07) is 6.07. The Morgan fingerprint density at radius 3 is 2.56 bits per heavy atom. The number of nitrogens with zero attached hydrogens (tertiary/aromatic N) is 4. The summed E-state index contributed by atoms with van der Waals surface area (Å²) in [6.45, 7) is 7.51. The predicted octanol–water partition coefficient (Wildman–Crippen LogP) is 2.36. The van der Waals surface area contributed by atoms with Crippen LogP contribution in [0.2, 0.25) is 0 Å². The lowest BCUT2D eigenvalue weighted by molar-refractivity contribution is 0.0943. The number of likely N-dealkylation sites (N-methyl/N-ethyl adjacent to an activating group) is 1. The number of nitrogens with one attached hydrogen (secondary N) is 1. The van der Waals surface area contributed by atoms with Gasteiger partial charge in [0.25, 0.3) is 5.91 Å². The maximum absolute atomic E-state index is 13.2. The van der Waals surface area contributed by atoms with Gasteiger partial charge in [-0.3, -0.25) is 4.79 Å². The SMILES string of the molecule is CCN(CC)CCNC(=O)c1nnn(-c2ccc(F)cc2)c1C1CC1. The van der Waals surface area contributed by atoms with E-state index < -0.39 is 0 Å². The van der Waals surface area contributed by atoms with E-state index in [4.69, 9.17) is 0 Å². The predicted molar refractivity (Wildman–Crippen MR) is 93.4 cm³/mol. The second-order valence-electron chi connectivity index (χ2n) is 6.27. The molecule has 1 heterocycles. The Kier molecular flexibility index (Phi) is 5.43. The van der Waals surface area contributed by atoms with Gasteiger partial charge in [-0.2, -0.15) is 0 Å². The number of halogens is 1. The average Bonchev–Trinajstić information content (AvgIpc) is 3.37. The first kappa shape index (κ1) is 17.5. The third-order valence-electron chi connectivity index (χ3n) is 4.56. The molecule has 0 aliphatic heterocycles. The van der Waals surface area contributed by atoms with Gasteiger partial charge in [0.15, 0.2) is 5.69 Å². The molecule has 1 aromatic heterocycles. The molecule has 3 rings (SSSR count). The molecule has 25 heavy (non-hydrogen) atoms. The van der Waals surface area contributed by atoms with Crippen LogP contribution in [0.25, 0.3) is 5.69 Å². The van der Waals surface area contributed by atoms with Crippen LogP contribution in [0.5, 0.6) is 0 Å². The van der Waals surface area contributed by atoms with Crippen molar-refractivity contribution < 1.29 is 9.18 Å². The zero-order valence-electron chi connectivity index (χ0n) is 14.7. The van der Waals surface area contributed by atoms with E-state index in [0.29, 0.717) is 18.2 Å². The number of benzene rings is 1. The van der Waals surface area contributed by atoms with Crippen molar-refractivity contribution in [2.75, 3.05) is 26.2 Å². The zero-order valence-corrected chi connectivity index (χ0v) is 14.7. The zero-order chi connectivity index (χ0) is 17.8. The van der Waals surface area contributed by atoms with Crippen molar-refractivity contribution in [2.45, 2.75) is 32.6 Å². The normalized spacial score (nSPS) is 14.1. The average molecular weight is 345 g/mol. The molecule has 0 radical (unpaired) electrons. The molecule has 6 nitrogen and oxygen atoms in total. The summed E-state index contributed by atoms with van der Waals surface area (Å²) in [5.41, 5.74) is 1.93. The van der Waals surface area contributed by atoms with Crippen LogP contribution in [0, 0.1) is 5.82 Å². The van der Waals surface area contributed by atoms with Gasteiger partial charge in [-0.25, -0.2) is 9.07 Å². The lowest BCUT2D eigenvalue weighted by Gasteiger charge is -2.17. The monoisotopic (exact) mass is 345 g/mol. The molecule has 1 saturated carbocycles. The summed E-state index contributed by atoms with van der Waals surface area (Å²) in [4.78, 5) is 14.8. The maximum Gasteiger partial charge on any atom is 0.273 e. The fourth-order valence-electron chi connectivity index (χ4n) is 2.90. The second-order valence-corrected chi connectivity index (χ2v) is 6.27. The van der Waals surface area contributed by atoms with Gasteiger partial charge in [0, 0.05) is 19.0 Å². The van der Waals surface area contributed by atoms with E-state index in [0.717, 1.165) is 43.9 Å². The van der Waals surface area contributed by atoms with Crippen LogP contribution in [0.15, 0.2) is 24.3 Å². The third kappa shape index (κ3) is 4.04. The van der Waals surface area contributed by atoms with Crippen LogP contribution >= 0.6 is 0 Å². The minimum absolute atomic E-state index is 0.192. The summed E-state index contributed by atoms with van der Waals surface area (Å²) >= 11 is 0. The van der Waals surface area contributed by atoms with Gasteiger partial charge in [0.2, 0.25) is 0 Å². The first-order valence-electron chi connectivity index (χ1n) is 8.86. The number of carbonyl (C=O) groups excluding carboxylic acids is 1. The highest BCUT2D eigenvalue weighted by atomic mass is 19.1. The molecule has 0 atom stereocenters. The first-order valence-corrected chi connectivity index (χ1v) is 8.86. The fraction of sp³-hybridized carbons (Fsp3) is 0.500. The molecule has 0 bridgehead atoms. The third-order valence-corrected chi connectivity index (χ3v) is 4.56.